The van der Waals surface area contributed by atoms with Crippen LogP contribution in [0.5, 0.6) is 0 Å². The number of nitrogens with one attached hydrogen (secondary N) is 4. The smallest absolute Gasteiger partial charge is 0.411 e. The van der Waals surface area contributed by atoms with E-state index in [2.05, 4.69) is 20.7 Å². The summed E-state index contributed by atoms with van der Waals surface area (Å²) in [5.41, 5.74) is -2.34. The summed E-state index contributed by atoms with van der Waals surface area (Å²) in [6.07, 6.45) is 1.62. The first kappa shape index (κ1) is 38.5. The summed E-state index contributed by atoms with van der Waals surface area (Å²) in [6, 6.07) is 3.60. The van der Waals surface area contributed by atoms with Crippen LogP contribution in [0.2, 0.25) is 0 Å². The average Bonchev–Trinajstić information content (AvgIpc) is 3.99. The van der Waals surface area contributed by atoms with E-state index in [1.54, 1.807) is 45.1 Å². The molecular weight excluding hydrogens is 702 g/mol. The SMILES string of the molecule is COC(=O)c1ccccc1NC(=O)O[C@@H]1C[C@H]2C(=O)N[C@]3(C(=O)NS(=O)(=O)C4CC4)C[C@@H]3/C=C\COCCC[C@H](NC(=O)OC(C)(C)C)C(=O)N2C1. The van der Waals surface area contributed by atoms with Gasteiger partial charge < -0.3 is 34.5 Å². The second-order valence-corrected chi connectivity index (χ2v) is 16.2. The number of sulfonamides is 1. The van der Waals surface area contributed by atoms with Gasteiger partial charge in [-0.1, -0.05) is 24.3 Å². The van der Waals surface area contributed by atoms with Gasteiger partial charge in [0, 0.05) is 18.9 Å². The first-order valence-corrected chi connectivity index (χ1v) is 18.6. The van der Waals surface area contributed by atoms with Gasteiger partial charge in [0.2, 0.25) is 21.8 Å². The third kappa shape index (κ3) is 9.39. The molecule has 52 heavy (non-hydrogen) atoms. The molecule has 5 rings (SSSR count). The summed E-state index contributed by atoms with van der Waals surface area (Å²) in [6.45, 7) is 5.08. The number of para-hydroxylation sites is 1. The van der Waals surface area contributed by atoms with Crippen molar-refractivity contribution in [2.24, 2.45) is 5.92 Å². The molecule has 4 N–H and O–H groups in total. The van der Waals surface area contributed by atoms with E-state index >= 15 is 0 Å². The minimum absolute atomic E-state index is 0.0657. The van der Waals surface area contributed by atoms with Crippen molar-refractivity contribution in [1.82, 2.24) is 20.3 Å². The Hall–Kier alpha value is -4.71. The van der Waals surface area contributed by atoms with Crippen LogP contribution in [0.4, 0.5) is 15.3 Å². The van der Waals surface area contributed by atoms with E-state index in [0.717, 1.165) is 4.90 Å². The first-order valence-electron chi connectivity index (χ1n) is 17.1. The van der Waals surface area contributed by atoms with Gasteiger partial charge >= 0.3 is 18.2 Å². The van der Waals surface area contributed by atoms with Crippen molar-refractivity contribution in [2.45, 2.75) is 93.9 Å². The molecule has 2 aliphatic heterocycles. The van der Waals surface area contributed by atoms with Gasteiger partial charge in [0.05, 0.1) is 36.8 Å². The Morgan fingerprint density at radius 3 is 2.48 bits per heavy atom. The fraction of sp³-hybridized carbons (Fsp3) is 0.588. The van der Waals surface area contributed by atoms with Crippen LogP contribution in [0, 0.1) is 5.92 Å². The van der Waals surface area contributed by atoms with E-state index in [1.807, 2.05) is 0 Å². The van der Waals surface area contributed by atoms with Crippen molar-refractivity contribution in [3.63, 3.8) is 0 Å². The van der Waals surface area contributed by atoms with Gasteiger partial charge in [0.25, 0.3) is 5.91 Å². The Kier molecular flexibility index (Phi) is 11.5. The van der Waals surface area contributed by atoms with Crippen LogP contribution in [0.25, 0.3) is 0 Å². The largest absolute Gasteiger partial charge is 0.465 e. The number of amides is 5. The van der Waals surface area contributed by atoms with Crippen molar-refractivity contribution in [3.8, 4) is 0 Å². The molecule has 0 unspecified atom stereocenters. The monoisotopic (exact) mass is 747 g/mol. The molecule has 5 atom stereocenters. The molecule has 2 heterocycles. The molecule has 2 aliphatic carbocycles. The normalized spacial score (nSPS) is 27.3. The van der Waals surface area contributed by atoms with E-state index in [9.17, 15) is 37.2 Å². The van der Waals surface area contributed by atoms with Crippen molar-refractivity contribution in [3.05, 3.63) is 42.0 Å². The Labute approximate surface area is 301 Å². The molecule has 1 aromatic rings. The van der Waals surface area contributed by atoms with Crippen LogP contribution in [0.15, 0.2) is 36.4 Å². The van der Waals surface area contributed by atoms with Crippen LogP contribution in [0.3, 0.4) is 0 Å². The van der Waals surface area contributed by atoms with Gasteiger partial charge in [-0.2, -0.15) is 0 Å². The quantitative estimate of drug-likeness (QED) is 0.178. The highest BCUT2D eigenvalue weighted by Crippen LogP contribution is 2.46. The second kappa shape index (κ2) is 15.5. The average molecular weight is 748 g/mol. The van der Waals surface area contributed by atoms with E-state index in [-0.39, 0.29) is 50.3 Å². The van der Waals surface area contributed by atoms with Crippen LogP contribution in [-0.2, 0) is 43.4 Å². The molecule has 1 aromatic carbocycles. The fourth-order valence-corrected chi connectivity index (χ4v) is 7.54. The van der Waals surface area contributed by atoms with Gasteiger partial charge in [0.15, 0.2) is 0 Å². The molecule has 3 fully saturated rings. The standard InChI is InChI=1S/C34H45N5O12S/c1-33(2,3)51-32(45)36-25-12-8-16-49-15-7-9-20-18-34(20,30(43)38-52(46,47)22-13-14-22)37-27(40)26-17-21(19-39(26)28(25)41)50-31(44)35-24-11-6-5-10-23(24)29(42)48-4/h5-7,9-11,20-22,25-26H,8,12-19H2,1-4H3,(H,35,44)(H,36,45)(H,37,40)(H,38,43)/b9-7-/t20-,21+,25-,26-,34+/m0/s1. The van der Waals surface area contributed by atoms with E-state index in [1.165, 1.54) is 19.2 Å². The summed E-state index contributed by atoms with van der Waals surface area (Å²) in [5, 5.41) is 7.12. The molecule has 18 heteroatoms. The van der Waals surface area contributed by atoms with E-state index in [0.29, 0.717) is 19.3 Å². The lowest BCUT2D eigenvalue weighted by Crippen LogP contribution is -2.58. The number of hydrogen-bond donors (Lipinski definition) is 4. The zero-order valence-corrected chi connectivity index (χ0v) is 30.3. The number of benzene rings is 1. The predicted molar refractivity (Wildman–Crippen MR) is 183 cm³/mol. The fourth-order valence-electron chi connectivity index (χ4n) is 6.18. The zero-order valence-electron chi connectivity index (χ0n) is 29.5. The van der Waals surface area contributed by atoms with Crippen molar-refractivity contribution in [2.75, 3.05) is 32.2 Å². The maximum Gasteiger partial charge on any atom is 0.411 e. The molecule has 0 spiro atoms. The summed E-state index contributed by atoms with van der Waals surface area (Å²) < 4.78 is 49.0. The number of anilines is 1. The number of carbonyl (C=O) groups is 6. The number of ether oxygens (including phenoxy) is 4. The summed E-state index contributed by atoms with van der Waals surface area (Å²) in [7, 11) is -2.77. The lowest BCUT2D eigenvalue weighted by atomic mass is 10.1. The molecule has 1 saturated heterocycles. The third-order valence-electron chi connectivity index (χ3n) is 9.01. The van der Waals surface area contributed by atoms with Gasteiger partial charge in [-0.25, -0.2) is 22.8 Å². The van der Waals surface area contributed by atoms with E-state index < -0.39 is 86.4 Å². The summed E-state index contributed by atoms with van der Waals surface area (Å²) in [5.74, 6) is -3.63. The number of fused-ring (bicyclic) bond motifs is 2. The summed E-state index contributed by atoms with van der Waals surface area (Å²) in [4.78, 5) is 81.2. The van der Waals surface area contributed by atoms with Gasteiger partial charge in [-0.05, 0) is 65.0 Å². The number of hydrogen-bond acceptors (Lipinski definition) is 12. The van der Waals surface area contributed by atoms with Crippen LogP contribution in [0.1, 0.15) is 69.7 Å². The molecule has 4 aliphatic rings. The highest BCUT2D eigenvalue weighted by Gasteiger charge is 2.62. The lowest BCUT2D eigenvalue weighted by Gasteiger charge is -2.30. The molecular formula is C34H45N5O12S. The van der Waals surface area contributed by atoms with Crippen molar-refractivity contribution < 1.29 is 56.1 Å². The molecule has 284 valence electrons. The van der Waals surface area contributed by atoms with Crippen molar-refractivity contribution in [1.29, 1.82) is 0 Å². The van der Waals surface area contributed by atoms with Crippen LogP contribution < -0.4 is 20.7 Å². The number of methoxy groups -OCH3 is 1. The molecule has 2 saturated carbocycles. The molecule has 17 nitrogen and oxygen atoms in total. The lowest BCUT2D eigenvalue weighted by molar-refractivity contribution is -0.141. The molecule has 5 amide bonds. The summed E-state index contributed by atoms with van der Waals surface area (Å²) >= 11 is 0. The Bertz CT molecular complexity index is 1720. The van der Waals surface area contributed by atoms with Gasteiger partial charge in [0.1, 0.15) is 29.3 Å². The Morgan fingerprint density at radius 1 is 1.06 bits per heavy atom. The first-order chi connectivity index (χ1) is 24.5. The van der Waals surface area contributed by atoms with E-state index in [4.69, 9.17) is 18.9 Å². The second-order valence-electron chi connectivity index (χ2n) is 14.2. The van der Waals surface area contributed by atoms with Gasteiger partial charge in [-0.15, -0.1) is 0 Å². The van der Waals surface area contributed by atoms with Gasteiger partial charge in [-0.3, -0.25) is 24.4 Å². The third-order valence-corrected chi connectivity index (χ3v) is 10.8. The predicted octanol–water partition coefficient (Wildman–Crippen LogP) is 1.73. The maximum atomic E-state index is 14.2. The molecule has 0 aromatic heterocycles. The van der Waals surface area contributed by atoms with Crippen molar-refractivity contribution >= 4 is 51.6 Å². The number of nitrogens with zero attached hydrogens (tertiary/aromatic N) is 1. The minimum Gasteiger partial charge on any atom is -0.465 e. The highest BCUT2D eigenvalue weighted by atomic mass is 32.2. The van der Waals surface area contributed by atoms with Crippen LogP contribution in [-0.4, -0.2) is 111 Å². The number of rotatable bonds is 7. The number of alkyl carbamates (subject to hydrolysis) is 1. The number of carbonyl (C=O) groups excluding carboxylic acids is 6. The van der Waals surface area contributed by atoms with Crippen LogP contribution >= 0.6 is 0 Å². The maximum absolute atomic E-state index is 14.2. The Morgan fingerprint density at radius 2 is 1.79 bits per heavy atom. The molecule has 0 radical (unpaired) electrons. The Balaban J connectivity index is 1.41. The zero-order chi connectivity index (χ0) is 37.8. The highest BCUT2D eigenvalue weighted by molar-refractivity contribution is 7.91. The molecule has 0 bridgehead atoms. The topological polar surface area (TPSA) is 225 Å². The number of esters is 1. The minimum atomic E-state index is -3.96.